The lowest BCUT2D eigenvalue weighted by Gasteiger charge is -2.25. The van der Waals surface area contributed by atoms with Gasteiger partial charge in [0, 0.05) is 24.4 Å². The highest BCUT2D eigenvalue weighted by atomic mass is 32.2. The molecule has 0 aliphatic heterocycles. The molecule has 0 spiro atoms. The summed E-state index contributed by atoms with van der Waals surface area (Å²) < 4.78 is 27.5. The van der Waals surface area contributed by atoms with E-state index in [2.05, 4.69) is 34.0 Å². The van der Waals surface area contributed by atoms with Gasteiger partial charge in [-0.2, -0.15) is 17.6 Å². The number of nitrogens with one attached hydrogen (secondary N) is 1. The van der Waals surface area contributed by atoms with Gasteiger partial charge in [-0.1, -0.05) is 60.2 Å². The number of carbonyl (C=O) groups excluding carboxylic acids is 1. The predicted molar refractivity (Wildman–Crippen MR) is 161 cm³/mol. The molecule has 4 aromatic rings. The second-order valence-corrected chi connectivity index (χ2v) is 12.3. The highest BCUT2D eigenvalue weighted by molar-refractivity contribution is 7.90. The van der Waals surface area contributed by atoms with Crippen LogP contribution in [0.2, 0.25) is 0 Å². The van der Waals surface area contributed by atoms with E-state index in [1.165, 1.54) is 5.56 Å². The maximum Gasteiger partial charge on any atom is 0.283 e. The summed E-state index contributed by atoms with van der Waals surface area (Å²) in [5.41, 5.74) is 3.73. The third-order valence-corrected chi connectivity index (χ3v) is 8.92. The Labute approximate surface area is 237 Å². The van der Waals surface area contributed by atoms with Crippen molar-refractivity contribution in [1.82, 2.24) is 19.4 Å². The molecule has 0 saturated carbocycles. The molecule has 210 valence electrons. The van der Waals surface area contributed by atoms with Gasteiger partial charge in [-0.15, -0.1) is 6.58 Å². The number of rotatable bonds is 13. The van der Waals surface area contributed by atoms with Crippen LogP contribution in [0.15, 0.2) is 96.5 Å². The Kier molecular flexibility index (Phi) is 9.55. The Hall–Kier alpha value is -3.75. The molecular formula is C32H38N4O3S. The minimum Gasteiger partial charge on any atom is -0.355 e. The number of nitrogens with zero attached hydrogens (tertiary/aromatic N) is 3. The summed E-state index contributed by atoms with van der Waals surface area (Å²) in [5, 5.41) is 8.10. The van der Waals surface area contributed by atoms with Crippen LogP contribution >= 0.6 is 0 Å². The van der Waals surface area contributed by atoms with Crippen molar-refractivity contribution < 1.29 is 13.2 Å². The van der Waals surface area contributed by atoms with E-state index in [-0.39, 0.29) is 22.8 Å². The number of amides is 1. The van der Waals surface area contributed by atoms with Gasteiger partial charge < -0.3 is 10.2 Å². The van der Waals surface area contributed by atoms with Crippen molar-refractivity contribution >= 4 is 26.8 Å². The van der Waals surface area contributed by atoms with Crippen molar-refractivity contribution in [1.29, 1.82) is 0 Å². The minimum atomic E-state index is -3.80. The molecule has 40 heavy (non-hydrogen) atoms. The molecule has 1 N–H and O–H groups in total. The van der Waals surface area contributed by atoms with E-state index < -0.39 is 10.0 Å². The Morgan fingerprint density at radius 1 is 1.07 bits per heavy atom. The van der Waals surface area contributed by atoms with Gasteiger partial charge in [0.15, 0.2) is 0 Å². The lowest BCUT2D eigenvalue weighted by molar-refractivity contribution is -0.121. The summed E-state index contributed by atoms with van der Waals surface area (Å²) in [6, 6.07) is 22.7. The maximum absolute atomic E-state index is 13.2. The minimum absolute atomic E-state index is 0.0304. The van der Waals surface area contributed by atoms with Gasteiger partial charge in [0.25, 0.3) is 10.0 Å². The average molecular weight is 559 g/mol. The summed E-state index contributed by atoms with van der Waals surface area (Å²) in [5.74, 6) is 0.176. The van der Waals surface area contributed by atoms with E-state index >= 15 is 0 Å². The number of hydrogen-bond acceptors (Lipinski definition) is 5. The highest BCUT2D eigenvalue weighted by Crippen LogP contribution is 2.25. The molecule has 0 radical (unpaired) electrons. The molecule has 8 heteroatoms. The summed E-state index contributed by atoms with van der Waals surface area (Å²) in [7, 11) is 0.198. The van der Waals surface area contributed by atoms with Gasteiger partial charge in [0.05, 0.1) is 16.6 Å². The van der Waals surface area contributed by atoms with Crippen LogP contribution in [0.4, 0.5) is 0 Å². The van der Waals surface area contributed by atoms with Crippen LogP contribution in [0.3, 0.4) is 0 Å². The monoisotopic (exact) mass is 558 g/mol. The van der Waals surface area contributed by atoms with Gasteiger partial charge >= 0.3 is 0 Å². The van der Waals surface area contributed by atoms with Crippen molar-refractivity contribution in [2.45, 2.75) is 49.5 Å². The van der Waals surface area contributed by atoms with Crippen LogP contribution in [-0.2, 0) is 21.2 Å². The van der Waals surface area contributed by atoms with Gasteiger partial charge in [-0.05, 0) is 81.6 Å². The standard InChI is InChI=1S/C32H38N4O3S/c1-5-6-10-27(26-11-8-7-9-12-26)21-32(37)33-23-29(35(3)4)20-25-15-18-31-28(19-25)22-34-36(31)40(38,39)30-16-13-24(2)14-17-30/h5,7-9,11-19,22,27,29H,1,6,10,20-21,23H2,2-4H3,(H,33,37)/t27-,29-/m0/s1. The number of aryl methyl sites for hydroxylation is 1. The lowest BCUT2D eigenvalue weighted by Crippen LogP contribution is -2.41. The number of allylic oxidation sites excluding steroid dienone is 1. The molecule has 0 aliphatic rings. The third-order valence-electron chi connectivity index (χ3n) is 7.30. The molecule has 2 atom stereocenters. The zero-order valence-electron chi connectivity index (χ0n) is 23.5. The lowest BCUT2D eigenvalue weighted by atomic mass is 9.91. The zero-order valence-corrected chi connectivity index (χ0v) is 24.3. The fraction of sp³-hybridized carbons (Fsp3) is 0.312. The fourth-order valence-corrected chi connectivity index (χ4v) is 6.13. The average Bonchev–Trinajstić information content (AvgIpc) is 3.38. The first-order chi connectivity index (χ1) is 19.2. The number of likely N-dealkylation sites (N-methyl/N-ethyl adjacent to an activating group) is 1. The predicted octanol–water partition coefficient (Wildman–Crippen LogP) is 5.31. The van der Waals surface area contributed by atoms with E-state index in [1.54, 1.807) is 36.5 Å². The molecular weight excluding hydrogens is 520 g/mol. The molecule has 0 bridgehead atoms. The summed E-state index contributed by atoms with van der Waals surface area (Å²) in [6.07, 6.45) is 6.35. The zero-order chi connectivity index (χ0) is 28.7. The first-order valence-corrected chi connectivity index (χ1v) is 15.0. The van der Waals surface area contributed by atoms with Gasteiger partial charge in [0.2, 0.25) is 5.91 Å². The number of hydrogen-bond donors (Lipinski definition) is 1. The van der Waals surface area contributed by atoms with Gasteiger partial charge in [-0.25, -0.2) is 0 Å². The van der Waals surface area contributed by atoms with E-state index in [4.69, 9.17) is 0 Å². The van der Waals surface area contributed by atoms with Crippen molar-refractivity contribution in [2.24, 2.45) is 0 Å². The summed E-state index contributed by atoms with van der Waals surface area (Å²) >= 11 is 0. The molecule has 7 nitrogen and oxygen atoms in total. The molecule has 0 saturated heterocycles. The van der Waals surface area contributed by atoms with E-state index in [9.17, 15) is 13.2 Å². The molecule has 3 aromatic carbocycles. The largest absolute Gasteiger partial charge is 0.355 e. The van der Waals surface area contributed by atoms with Crippen LogP contribution in [0.5, 0.6) is 0 Å². The Bertz CT molecular complexity index is 1540. The first kappa shape index (κ1) is 29.2. The molecule has 0 unspecified atom stereocenters. The third kappa shape index (κ3) is 7.06. The van der Waals surface area contributed by atoms with Crippen molar-refractivity contribution in [3.8, 4) is 0 Å². The molecule has 0 fully saturated rings. The smallest absolute Gasteiger partial charge is 0.283 e. The second-order valence-electron chi connectivity index (χ2n) is 10.5. The van der Waals surface area contributed by atoms with E-state index in [0.29, 0.717) is 24.9 Å². The Balaban J connectivity index is 1.43. The number of aromatic nitrogens is 2. The van der Waals surface area contributed by atoms with Crippen LogP contribution in [-0.4, -0.2) is 55.1 Å². The fourth-order valence-electron chi connectivity index (χ4n) is 4.85. The highest BCUT2D eigenvalue weighted by Gasteiger charge is 2.22. The van der Waals surface area contributed by atoms with Gasteiger partial charge in [-0.3, -0.25) is 4.79 Å². The van der Waals surface area contributed by atoms with Crippen molar-refractivity contribution in [2.75, 3.05) is 20.6 Å². The molecule has 4 rings (SSSR count). The van der Waals surface area contributed by atoms with Crippen LogP contribution in [0.25, 0.3) is 10.9 Å². The Morgan fingerprint density at radius 2 is 1.80 bits per heavy atom. The normalized spacial score (nSPS) is 13.3. The van der Waals surface area contributed by atoms with Crippen LogP contribution < -0.4 is 5.32 Å². The topological polar surface area (TPSA) is 84.3 Å². The molecule has 1 amide bonds. The maximum atomic E-state index is 13.2. The molecule has 0 aliphatic carbocycles. The van der Waals surface area contributed by atoms with Crippen LogP contribution in [0.1, 0.15) is 41.9 Å². The first-order valence-electron chi connectivity index (χ1n) is 13.6. The summed E-state index contributed by atoms with van der Waals surface area (Å²) in [4.78, 5) is 15.3. The summed E-state index contributed by atoms with van der Waals surface area (Å²) in [6.45, 7) is 6.26. The van der Waals surface area contributed by atoms with Crippen LogP contribution in [0, 0.1) is 6.92 Å². The van der Waals surface area contributed by atoms with E-state index in [0.717, 1.165) is 33.4 Å². The number of fused-ring (bicyclic) bond motifs is 1. The Morgan fingerprint density at radius 3 is 2.48 bits per heavy atom. The van der Waals surface area contributed by atoms with E-state index in [1.807, 2.05) is 57.4 Å². The molecule has 1 heterocycles. The van der Waals surface area contributed by atoms with Gasteiger partial charge in [0.1, 0.15) is 0 Å². The quantitative estimate of drug-likeness (QED) is 0.225. The van der Waals surface area contributed by atoms with Crippen molar-refractivity contribution in [3.05, 3.63) is 108 Å². The number of benzene rings is 3. The molecule has 1 aromatic heterocycles. The second kappa shape index (κ2) is 13.1. The SMILES string of the molecule is C=CCC[C@@H](CC(=O)NC[C@H](Cc1ccc2c(cnn2S(=O)(=O)c2ccc(C)cc2)c1)N(C)C)c1ccccc1. The number of carbonyl (C=O) groups is 1. The van der Waals surface area contributed by atoms with Crippen molar-refractivity contribution in [3.63, 3.8) is 0 Å².